The monoisotopic (exact) mass is 256 g/mol. The summed E-state index contributed by atoms with van der Waals surface area (Å²) in [5.74, 6) is 1.39. The average molecular weight is 256 g/mol. The van der Waals surface area contributed by atoms with Crippen molar-refractivity contribution in [1.82, 2.24) is 19.7 Å². The molecule has 6 heteroatoms. The van der Waals surface area contributed by atoms with Gasteiger partial charge >= 0.3 is 0 Å². The molecule has 0 aliphatic rings. The van der Waals surface area contributed by atoms with E-state index in [1.165, 1.54) is 6.33 Å². The highest BCUT2D eigenvalue weighted by Crippen LogP contribution is 2.21. The highest BCUT2D eigenvalue weighted by Gasteiger charge is 2.07. The summed E-state index contributed by atoms with van der Waals surface area (Å²) >= 11 is 0. The number of oxazole rings is 1. The van der Waals surface area contributed by atoms with E-state index in [0.29, 0.717) is 12.4 Å². The van der Waals surface area contributed by atoms with Crippen molar-refractivity contribution in [1.29, 1.82) is 0 Å². The van der Waals surface area contributed by atoms with Crippen LogP contribution in [0.25, 0.3) is 11.5 Å². The van der Waals surface area contributed by atoms with Gasteiger partial charge in [0, 0.05) is 5.56 Å². The lowest BCUT2D eigenvalue weighted by Crippen LogP contribution is -1.99. The first-order chi connectivity index (χ1) is 9.35. The average Bonchev–Trinajstić information content (AvgIpc) is 3.11. The van der Waals surface area contributed by atoms with Gasteiger partial charge in [0.15, 0.2) is 0 Å². The topological polar surface area (TPSA) is 66.0 Å². The van der Waals surface area contributed by atoms with Gasteiger partial charge in [-0.3, -0.25) is 0 Å². The third kappa shape index (κ3) is 2.47. The number of hydrogen-bond acceptors (Lipinski definition) is 5. The highest BCUT2D eigenvalue weighted by molar-refractivity contribution is 5.54. The molecule has 3 rings (SSSR count). The molecule has 0 fully saturated rings. The van der Waals surface area contributed by atoms with Gasteiger partial charge in [-0.25, -0.2) is 14.6 Å². The van der Waals surface area contributed by atoms with Crippen molar-refractivity contribution in [3.8, 4) is 17.2 Å². The Morgan fingerprint density at radius 3 is 2.79 bits per heavy atom. The second-order valence-corrected chi connectivity index (χ2v) is 3.97. The van der Waals surface area contributed by atoms with Gasteiger partial charge in [0.2, 0.25) is 5.89 Å². The van der Waals surface area contributed by atoms with Crippen molar-refractivity contribution in [3.63, 3.8) is 0 Å². The Hall–Kier alpha value is -2.63. The molecule has 0 aliphatic heterocycles. The maximum Gasteiger partial charge on any atom is 0.226 e. The van der Waals surface area contributed by atoms with Gasteiger partial charge in [0.05, 0.1) is 13.7 Å². The Kier molecular flexibility index (Phi) is 2.97. The van der Waals surface area contributed by atoms with E-state index in [4.69, 9.17) is 9.15 Å². The Balaban J connectivity index is 1.80. The summed E-state index contributed by atoms with van der Waals surface area (Å²) in [6.07, 6.45) is 4.76. The molecule has 0 bridgehead atoms. The van der Waals surface area contributed by atoms with Crippen LogP contribution in [0.3, 0.4) is 0 Å². The van der Waals surface area contributed by atoms with Gasteiger partial charge in [-0.1, -0.05) is 0 Å². The molecule has 19 heavy (non-hydrogen) atoms. The number of methoxy groups -OCH3 is 1. The van der Waals surface area contributed by atoms with Gasteiger partial charge in [0.25, 0.3) is 0 Å². The molecule has 6 nitrogen and oxygen atoms in total. The normalized spacial score (nSPS) is 10.6. The number of ether oxygens (including phenoxy) is 1. The van der Waals surface area contributed by atoms with Crippen LogP contribution in [0.2, 0.25) is 0 Å². The van der Waals surface area contributed by atoms with Gasteiger partial charge in [-0.05, 0) is 24.3 Å². The summed E-state index contributed by atoms with van der Waals surface area (Å²) in [5, 5.41) is 4.02. The van der Waals surface area contributed by atoms with E-state index in [1.54, 1.807) is 24.4 Å². The van der Waals surface area contributed by atoms with Gasteiger partial charge in [-0.2, -0.15) is 5.10 Å². The van der Waals surface area contributed by atoms with Crippen LogP contribution in [0.15, 0.2) is 47.6 Å². The van der Waals surface area contributed by atoms with Crippen LogP contribution in [-0.4, -0.2) is 26.9 Å². The van der Waals surface area contributed by atoms with Crippen molar-refractivity contribution in [3.05, 3.63) is 48.9 Å². The van der Waals surface area contributed by atoms with Crippen LogP contribution in [0.4, 0.5) is 0 Å². The summed E-state index contributed by atoms with van der Waals surface area (Å²) in [5.41, 5.74) is 1.71. The molecule has 96 valence electrons. The lowest BCUT2D eigenvalue weighted by atomic mass is 10.2. The number of rotatable bonds is 4. The lowest BCUT2D eigenvalue weighted by Gasteiger charge is -1.99. The van der Waals surface area contributed by atoms with Crippen LogP contribution < -0.4 is 4.74 Å². The summed E-state index contributed by atoms with van der Waals surface area (Å²) in [7, 11) is 1.64. The molecule has 0 saturated carbocycles. The lowest BCUT2D eigenvalue weighted by molar-refractivity contribution is 0.415. The van der Waals surface area contributed by atoms with Crippen molar-refractivity contribution >= 4 is 0 Å². The number of hydrogen-bond donors (Lipinski definition) is 0. The highest BCUT2D eigenvalue weighted by atomic mass is 16.5. The Morgan fingerprint density at radius 2 is 2.11 bits per heavy atom. The summed E-state index contributed by atoms with van der Waals surface area (Å²) in [6, 6.07) is 7.56. The predicted octanol–water partition coefficient (Wildman–Crippen LogP) is 1.99. The van der Waals surface area contributed by atoms with E-state index in [-0.39, 0.29) is 0 Å². The number of benzene rings is 1. The summed E-state index contributed by atoms with van der Waals surface area (Å²) in [6.45, 7) is 0.541. The molecule has 0 spiro atoms. The minimum Gasteiger partial charge on any atom is -0.497 e. The van der Waals surface area contributed by atoms with E-state index in [1.807, 2.05) is 24.3 Å². The molecule has 2 heterocycles. The molecule has 0 atom stereocenters. The van der Waals surface area contributed by atoms with Crippen LogP contribution in [0.5, 0.6) is 5.75 Å². The Labute approximate surface area is 109 Å². The van der Waals surface area contributed by atoms with E-state index in [9.17, 15) is 0 Å². The molecule has 2 aromatic heterocycles. The maximum atomic E-state index is 5.46. The summed E-state index contributed by atoms with van der Waals surface area (Å²) < 4.78 is 12.3. The van der Waals surface area contributed by atoms with Gasteiger partial charge in [-0.15, -0.1) is 0 Å². The molecular weight excluding hydrogens is 244 g/mol. The smallest absolute Gasteiger partial charge is 0.226 e. The van der Waals surface area contributed by atoms with E-state index >= 15 is 0 Å². The van der Waals surface area contributed by atoms with Crippen molar-refractivity contribution in [2.24, 2.45) is 0 Å². The first kappa shape index (κ1) is 11.5. The van der Waals surface area contributed by atoms with Gasteiger partial charge < -0.3 is 9.15 Å². The zero-order valence-electron chi connectivity index (χ0n) is 10.4. The van der Waals surface area contributed by atoms with Crippen LogP contribution in [-0.2, 0) is 6.54 Å². The molecule has 1 aromatic carbocycles. The first-order valence-electron chi connectivity index (χ1n) is 5.76. The minimum absolute atomic E-state index is 0.541. The molecule has 3 aromatic rings. The second-order valence-electron chi connectivity index (χ2n) is 3.97. The maximum absolute atomic E-state index is 5.46. The third-order valence-electron chi connectivity index (χ3n) is 2.68. The van der Waals surface area contributed by atoms with E-state index in [2.05, 4.69) is 15.1 Å². The molecule has 0 unspecified atom stereocenters. The Morgan fingerprint density at radius 1 is 1.26 bits per heavy atom. The fraction of sp³-hybridized carbons (Fsp3) is 0.154. The molecule has 0 saturated heterocycles. The molecule has 0 radical (unpaired) electrons. The van der Waals surface area contributed by atoms with Crippen molar-refractivity contribution in [2.75, 3.05) is 7.11 Å². The second kappa shape index (κ2) is 4.93. The zero-order chi connectivity index (χ0) is 13.1. The van der Waals surface area contributed by atoms with Crippen LogP contribution in [0, 0.1) is 0 Å². The third-order valence-corrected chi connectivity index (χ3v) is 2.68. The quantitative estimate of drug-likeness (QED) is 0.714. The first-order valence-corrected chi connectivity index (χ1v) is 5.76. The van der Waals surface area contributed by atoms with Crippen molar-refractivity contribution < 1.29 is 9.15 Å². The predicted molar refractivity (Wildman–Crippen MR) is 67.6 cm³/mol. The largest absolute Gasteiger partial charge is 0.497 e. The standard InChI is InChI=1S/C13H12N4O2/c1-18-12-4-2-10(3-5-12)13-16-11(7-19-13)6-17-9-14-8-15-17/h2-5,7-9H,6H2,1H3. The fourth-order valence-electron chi connectivity index (χ4n) is 1.73. The fourth-order valence-corrected chi connectivity index (χ4v) is 1.73. The zero-order valence-corrected chi connectivity index (χ0v) is 10.4. The van der Waals surface area contributed by atoms with E-state index < -0.39 is 0 Å². The number of nitrogens with zero attached hydrogens (tertiary/aromatic N) is 4. The number of aromatic nitrogens is 4. The minimum atomic E-state index is 0.541. The van der Waals surface area contributed by atoms with Gasteiger partial charge in [0.1, 0.15) is 30.4 Å². The van der Waals surface area contributed by atoms with Crippen LogP contribution in [0.1, 0.15) is 5.69 Å². The Bertz CT molecular complexity index is 644. The van der Waals surface area contributed by atoms with E-state index in [0.717, 1.165) is 17.0 Å². The molecule has 0 amide bonds. The van der Waals surface area contributed by atoms with Crippen LogP contribution >= 0.6 is 0 Å². The summed E-state index contributed by atoms with van der Waals surface area (Å²) in [4.78, 5) is 8.30. The van der Waals surface area contributed by atoms with Crippen molar-refractivity contribution in [2.45, 2.75) is 6.54 Å². The molecule has 0 N–H and O–H groups in total. The molecule has 0 aliphatic carbocycles. The SMILES string of the molecule is COc1ccc(-c2nc(Cn3cncn3)co2)cc1. The molecular formula is C13H12N4O2.